The quantitative estimate of drug-likeness (QED) is 0.177. The second kappa shape index (κ2) is 17.5. The van der Waals surface area contributed by atoms with Gasteiger partial charge in [-0.3, -0.25) is 29.0 Å². The lowest BCUT2D eigenvalue weighted by Gasteiger charge is -2.64. The first-order valence-electron chi connectivity index (χ1n) is 21.8. The fourth-order valence-corrected chi connectivity index (χ4v) is 10.1. The number of esters is 2. The predicted molar refractivity (Wildman–Crippen MR) is 225 cm³/mol. The molecule has 3 saturated carbocycles. The van der Waals surface area contributed by atoms with Gasteiger partial charge in [0.2, 0.25) is 5.91 Å². The summed E-state index contributed by atoms with van der Waals surface area (Å²) < 4.78 is 30.8. The number of carbonyl (C=O) groups excluding carboxylic acids is 6. The van der Waals surface area contributed by atoms with Gasteiger partial charge in [-0.2, -0.15) is 0 Å². The van der Waals surface area contributed by atoms with Crippen LogP contribution in [-0.4, -0.2) is 139 Å². The Morgan fingerprint density at radius 2 is 1.59 bits per heavy atom. The van der Waals surface area contributed by atoms with Crippen LogP contribution in [0, 0.1) is 23.2 Å². The summed E-state index contributed by atoms with van der Waals surface area (Å²) >= 11 is 0. The molecule has 0 radical (unpaired) electrons. The van der Waals surface area contributed by atoms with E-state index >= 15 is 0 Å². The van der Waals surface area contributed by atoms with Crippen LogP contribution >= 0.6 is 0 Å². The maximum atomic E-state index is 14.9. The number of likely N-dealkylation sites (tertiary alicyclic amines) is 1. The van der Waals surface area contributed by atoms with Crippen LogP contribution in [-0.2, 0) is 44.4 Å². The van der Waals surface area contributed by atoms with Crippen molar-refractivity contribution in [3.05, 3.63) is 29.3 Å². The Morgan fingerprint density at radius 1 is 0.918 bits per heavy atom. The summed E-state index contributed by atoms with van der Waals surface area (Å²) in [6, 6.07) is 3.18. The van der Waals surface area contributed by atoms with Gasteiger partial charge in [0, 0.05) is 19.6 Å². The summed E-state index contributed by atoms with van der Waals surface area (Å²) in [7, 11) is 0.568. The van der Waals surface area contributed by atoms with Crippen molar-refractivity contribution in [2.75, 3.05) is 46.4 Å². The molecule has 1 aromatic carbocycles. The first-order chi connectivity index (χ1) is 28.4. The van der Waals surface area contributed by atoms with E-state index < -0.39 is 71.5 Å². The van der Waals surface area contributed by atoms with Gasteiger partial charge in [0.15, 0.2) is 0 Å². The van der Waals surface area contributed by atoms with Gasteiger partial charge in [-0.1, -0.05) is 26.0 Å². The number of carbonyl (C=O) groups is 6. The Labute approximate surface area is 360 Å². The third-order valence-corrected chi connectivity index (χ3v) is 13.4. The number of para-hydroxylation sites is 1. The molecule has 0 spiro atoms. The topological polar surface area (TPSA) is 182 Å². The largest absolute Gasteiger partial charge is 0.496 e. The fourth-order valence-electron chi connectivity index (χ4n) is 10.1. The molecule has 6 fully saturated rings. The SMILES string of the molecule is CCN1CCN(C(=O)NC(C(=O)N[C@@H](Cc2cccc(C(=O)OC(C)(C)C)c2OC)B2O[C@@H]3C[C@@H]4C[C@@H](C4(C)C)[C@]3(C)O2)C2CCN(CC(=O)OC(C)(C)C)CC2)C(=O)C1=O. The van der Waals surface area contributed by atoms with Crippen LogP contribution in [0.3, 0.4) is 0 Å². The van der Waals surface area contributed by atoms with Gasteiger partial charge >= 0.3 is 36.9 Å². The predicted octanol–water partition coefficient (Wildman–Crippen LogP) is 3.77. The molecule has 2 bridgehead atoms. The second-order valence-electron chi connectivity index (χ2n) is 20.1. The highest BCUT2D eigenvalue weighted by Crippen LogP contribution is 2.65. The second-order valence-corrected chi connectivity index (χ2v) is 20.1. The Kier molecular flexibility index (Phi) is 13.3. The lowest BCUT2D eigenvalue weighted by Crippen LogP contribution is -2.65. The van der Waals surface area contributed by atoms with Crippen molar-refractivity contribution in [2.45, 2.75) is 136 Å². The smallest absolute Gasteiger partial charge is 0.482 e. The number of amides is 5. The van der Waals surface area contributed by atoms with Gasteiger partial charge in [-0.25, -0.2) is 9.59 Å². The lowest BCUT2D eigenvalue weighted by atomic mass is 9.43. The van der Waals surface area contributed by atoms with Gasteiger partial charge in [-0.05, 0) is 135 Å². The number of ether oxygens (including phenoxy) is 3. The zero-order chi connectivity index (χ0) is 44.8. The van der Waals surface area contributed by atoms with E-state index in [0.29, 0.717) is 44.0 Å². The van der Waals surface area contributed by atoms with Crippen molar-refractivity contribution in [3.8, 4) is 5.75 Å². The van der Waals surface area contributed by atoms with Crippen LogP contribution in [0.1, 0.15) is 111 Å². The first kappa shape index (κ1) is 46.3. The van der Waals surface area contributed by atoms with Crippen molar-refractivity contribution in [1.29, 1.82) is 0 Å². The van der Waals surface area contributed by atoms with Gasteiger partial charge in [0.25, 0.3) is 0 Å². The molecule has 6 aliphatic rings. The molecule has 7 rings (SSSR count). The molecule has 336 valence electrons. The number of imide groups is 1. The molecule has 3 aliphatic heterocycles. The number of likely N-dealkylation sites (N-methyl/N-ethyl adjacent to an activating group) is 1. The molecule has 17 heteroatoms. The normalized spacial score (nSPS) is 26.5. The molecule has 61 heavy (non-hydrogen) atoms. The highest BCUT2D eigenvalue weighted by molar-refractivity contribution is 6.48. The number of rotatable bonds is 12. The number of piperazine rings is 1. The van der Waals surface area contributed by atoms with E-state index in [2.05, 4.69) is 31.4 Å². The monoisotopic (exact) mass is 851 g/mol. The van der Waals surface area contributed by atoms with E-state index in [1.807, 2.05) is 31.7 Å². The third-order valence-electron chi connectivity index (χ3n) is 13.4. The molecule has 1 unspecified atom stereocenters. The first-order valence-corrected chi connectivity index (χ1v) is 21.8. The molecular weight excluding hydrogens is 785 g/mol. The Hall–Kier alpha value is -4.22. The Bertz CT molecular complexity index is 1870. The molecule has 6 atom stereocenters. The molecule has 0 aromatic heterocycles. The summed E-state index contributed by atoms with van der Waals surface area (Å²) in [6.07, 6.45) is 2.61. The van der Waals surface area contributed by atoms with Crippen molar-refractivity contribution in [2.24, 2.45) is 23.2 Å². The number of piperidine rings is 1. The summed E-state index contributed by atoms with van der Waals surface area (Å²) in [6.45, 7) is 20.6. The maximum Gasteiger partial charge on any atom is 0.482 e. The van der Waals surface area contributed by atoms with Crippen LogP contribution in [0.25, 0.3) is 0 Å². The number of nitrogens with zero attached hydrogens (tertiary/aromatic N) is 3. The third kappa shape index (κ3) is 9.88. The Morgan fingerprint density at radius 3 is 2.20 bits per heavy atom. The zero-order valence-corrected chi connectivity index (χ0v) is 37.9. The minimum atomic E-state index is -1.15. The highest BCUT2D eigenvalue weighted by atomic mass is 16.7. The van der Waals surface area contributed by atoms with E-state index in [9.17, 15) is 28.8 Å². The summed E-state index contributed by atoms with van der Waals surface area (Å²) in [5, 5.41) is 6.03. The van der Waals surface area contributed by atoms with E-state index in [0.717, 1.165) is 17.7 Å². The molecule has 16 nitrogen and oxygen atoms in total. The van der Waals surface area contributed by atoms with Crippen molar-refractivity contribution >= 4 is 42.8 Å². The highest BCUT2D eigenvalue weighted by Gasteiger charge is 2.68. The number of hydrogen-bond donors (Lipinski definition) is 2. The molecule has 1 aromatic rings. The van der Waals surface area contributed by atoms with Crippen molar-refractivity contribution < 1.29 is 52.3 Å². The number of hydrogen-bond acceptors (Lipinski definition) is 12. The molecule has 3 saturated heterocycles. The summed E-state index contributed by atoms with van der Waals surface area (Å²) in [4.78, 5) is 85.1. The zero-order valence-electron chi connectivity index (χ0n) is 37.9. The van der Waals surface area contributed by atoms with E-state index in [1.54, 1.807) is 39.8 Å². The number of urea groups is 1. The van der Waals surface area contributed by atoms with Crippen LogP contribution in [0.4, 0.5) is 4.79 Å². The van der Waals surface area contributed by atoms with Gasteiger partial charge in [0.1, 0.15) is 28.6 Å². The number of benzene rings is 1. The van der Waals surface area contributed by atoms with Gasteiger partial charge < -0.3 is 39.1 Å². The van der Waals surface area contributed by atoms with Crippen LogP contribution in [0.15, 0.2) is 18.2 Å². The average molecular weight is 852 g/mol. The Balaban J connectivity index is 1.30. The fraction of sp³-hybridized carbons (Fsp3) is 0.727. The molecular formula is C44H66BN5O11. The maximum absolute atomic E-state index is 14.9. The van der Waals surface area contributed by atoms with E-state index in [1.165, 1.54) is 12.0 Å². The standard InChI is InChI=1S/C44H66BN5O11/c1-12-49-20-21-50(38(54)37(49)53)40(56)47-34(26-16-18-48(19-17-26)25-33(51)58-41(2,3)4)36(52)46-32(45-60-31-24-28-23-30(43(28,8)9)44(31,10)61-45)22-27-14-13-15-29(35(27)57-11)39(55)59-42(5,6)7/h13-15,26,28,30-32,34H,12,16-25H2,1-11H3,(H,46,52)(H,47,56)/t28-,30-,31+,32-,34?,44-/m0/s1. The molecule has 3 heterocycles. The summed E-state index contributed by atoms with van der Waals surface area (Å²) in [5.74, 6) is -3.43. The van der Waals surface area contributed by atoms with Crippen molar-refractivity contribution in [3.63, 3.8) is 0 Å². The molecule has 3 aliphatic carbocycles. The summed E-state index contributed by atoms with van der Waals surface area (Å²) in [5.41, 5.74) is -1.13. The van der Waals surface area contributed by atoms with Crippen LogP contribution in [0.5, 0.6) is 5.75 Å². The van der Waals surface area contributed by atoms with E-state index in [-0.39, 0.29) is 60.8 Å². The van der Waals surface area contributed by atoms with Crippen LogP contribution < -0.4 is 15.4 Å². The minimum absolute atomic E-state index is 0.0223. The van der Waals surface area contributed by atoms with Gasteiger partial charge in [-0.15, -0.1) is 0 Å². The van der Waals surface area contributed by atoms with Crippen molar-refractivity contribution in [1.82, 2.24) is 25.3 Å². The number of methoxy groups -OCH3 is 1. The molecule has 5 amide bonds. The minimum Gasteiger partial charge on any atom is -0.496 e. The van der Waals surface area contributed by atoms with Gasteiger partial charge in [0.05, 0.1) is 31.3 Å². The average Bonchev–Trinajstić information content (AvgIpc) is 3.53. The lowest BCUT2D eigenvalue weighted by molar-refractivity contribution is -0.199. The van der Waals surface area contributed by atoms with Crippen LogP contribution in [0.2, 0.25) is 0 Å². The number of nitrogens with one attached hydrogen (secondary N) is 2. The van der Waals surface area contributed by atoms with E-state index in [4.69, 9.17) is 23.5 Å². The molecule has 2 N–H and O–H groups in total.